The molecule has 0 atom stereocenters. The maximum atomic E-state index is 8.75. The summed E-state index contributed by atoms with van der Waals surface area (Å²) in [5, 5.41) is 11.8. The molecular formula is C17H18N4. The van der Waals surface area contributed by atoms with E-state index < -0.39 is 0 Å². The summed E-state index contributed by atoms with van der Waals surface area (Å²) in [7, 11) is 0. The second-order valence-corrected chi connectivity index (χ2v) is 4.80. The highest BCUT2D eigenvalue weighted by Crippen LogP contribution is 2.28. The number of nitrogens with zero attached hydrogens (tertiary/aromatic N) is 2. The lowest BCUT2D eigenvalue weighted by Crippen LogP contribution is -1.96. The molecule has 2 aromatic rings. The van der Waals surface area contributed by atoms with Crippen LogP contribution in [0.5, 0.6) is 0 Å². The Balaban J connectivity index is 2.12. The molecule has 0 unspecified atom stereocenters. The Kier molecular flexibility index (Phi) is 4.57. The van der Waals surface area contributed by atoms with E-state index in [9.17, 15) is 0 Å². The van der Waals surface area contributed by atoms with Crippen LogP contribution in [0.4, 0.5) is 17.1 Å². The molecule has 0 radical (unpaired) electrons. The van der Waals surface area contributed by atoms with Crippen LogP contribution in [-0.2, 0) is 6.42 Å². The smallest absolute Gasteiger partial charge is 0.0991 e. The minimum absolute atomic E-state index is 0.632. The molecule has 4 nitrogen and oxygen atoms in total. The summed E-state index contributed by atoms with van der Waals surface area (Å²) < 4.78 is 0. The summed E-state index contributed by atoms with van der Waals surface area (Å²) >= 11 is 0. The largest absolute Gasteiger partial charge is 0.397 e. The zero-order valence-corrected chi connectivity index (χ0v) is 12.2. The SMILES string of the molecule is CCc1cc(C)c(N=CNc2ccc(C#N)cc2)c(N)c1. The monoisotopic (exact) mass is 278 g/mol. The van der Waals surface area contributed by atoms with E-state index in [1.165, 1.54) is 5.56 Å². The van der Waals surface area contributed by atoms with Gasteiger partial charge < -0.3 is 11.1 Å². The average Bonchev–Trinajstić information content (AvgIpc) is 2.50. The van der Waals surface area contributed by atoms with Crippen molar-refractivity contribution in [1.29, 1.82) is 5.26 Å². The number of nitrogens with two attached hydrogens (primary N) is 1. The van der Waals surface area contributed by atoms with Gasteiger partial charge in [0.15, 0.2) is 0 Å². The highest BCUT2D eigenvalue weighted by Gasteiger charge is 2.03. The van der Waals surface area contributed by atoms with Crippen LogP contribution < -0.4 is 11.1 Å². The van der Waals surface area contributed by atoms with Crippen LogP contribution in [-0.4, -0.2) is 6.34 Å². The quantitative estimate of drug-likeness (QED) is 0.507. The molecule has 4 heteroatoms. The molecule has 3 N–H and O–H groups in total. The van der Waals surface area contributed by atoms with Crippen molar-refractivity contribution in [2.45, 2.75) is 20.3 Å². The Morgan fingerprint density at radius 1 is 1.29 bits per heavy atom. The van der Waals surface area contributed by atoms with Gasteiger partial charge in [-0.3, -0.25) is 0 Å². The van der Waals surface area contributed by atoms with Crippen molar-refractivity contribution in [2.75, 3.05) is 11.1 Å². The molecule has 0 fully saturated rings. The highest BCUT2D eigenvalue weighted by molar-refractivity contribution is 5.81. The summed E-state index contributed by atoms with van der Waals surface area (Å²) in [4.78, 5) is 4.39. The number of benzene rings is 2. The Morgan fingerprint density at radius 2 is 2.00 bits per heavy atom. The molecule has 0 aliphatic rings. The van der Waals surface area contributed by atoms with E-state index in [1.54, 1.807) is 18.5 Å². The fourth-order valence-electron chi connectivity index (χ4n) is 2.08. The zero-order valence-electron chi connectivity index (χ0n) is 12.2. The van der Waals surface area contributed by atoms with Gasteiger partial charge in [0.05, 0.1) is 29.3 Å². The number of hydrogen-bond donors (Lipinski definition) is 2. The molecule has 0 aromatic heterocycles. The predicted octanol–water partition coefficient (Wildman–Crippen LogP) is 3.78. The number of hydrogen-bond acceptors (Lipinski definition) is 3. The van der Waals surface area contributed by atoms with Crippen LogP contribution >= 0.6 is 0 Å². The van der Waals surface area contributed by atoms with Gasteiger partial charge in [-0.15, -0.1) is 0 Å². The predicted molar refractivity (Wildman–Crippen MR) is 87.9 cm³/mol. The number of aliphatic imine (C=N–C) groups is 1. The number of nitriles is 1. The van der Waals surface area contributed by atoms with Crippen molar-refractivity contribution in [1.82, 2.24) is 0 Å². The van der Waals surface area contributed by atoms with E-state index in [1.807, 2.05) is 25.1 Å². The van der Waals surface area contributed by atoms with E-state index in [4.69, 9.17) is 11.0 Å². The zero-order chi connectivity index (χ0) is 15.2. The summed E-state index contributed by atoms with van der Waals surface area (Å²) in [5.74, 6) is 0. The maximum absolute atomic E-state index is 8.75. The maximum Gasteiger partial charge on any atom is 0.0991 e. The van der Waals surface area contributed by atoms with Gasteiger partial charge in [0.2, 0.25) is 0 Å². The second-order valence-electron chi connectivity index (χ2n) is 4.80. The standard InChI is InChI=1S/C17H18N4/c1-3-13-8-12(2)17(16(19)9-13)21-11-20-15-6-4-14(10-18)5-7-15/h4-9,11H,3,19H2,1-2H3,(H,20,21). The van der Waals surface area contributed by atoms with Crippen LogP contribution in [0.3, 0.4) is 0 Å². The lowest BCUT2D eigenvalue weighted by atomic mass is 10.1. The van der Waals surface area contributed by atoms with E-state index >= 15 is 0 Å². The van der Waals surface area contributed by atoms with Crippen molar-refractivity contribution < 1.29 is 0 Å². The minimum atomic E-state index is 0.632. The first-order chi connectivity index (χ1) is 10.1. The first-order valence-electron chi connectivity index (χ1n) is 6.82. The number of nitrogen functional groups attached to an aromatic ring is 1. The molecule has 0 bridgehead atoms. The molecule has 21 heavy (non-hydrogen) atoms. The third kappa shape index (κ3) is 3.61. The third-order valence-electron chi connectivity index (χ3n) is 3.24. The van der Waals surface area contributed by atoms with Gasteiger partial charge in [0, 0.05) is 5.69 Å². The van der Waals surface area contributed by atoms with Crippen molar-refractivity contribution in [2.24, 2.45) is 4.99 Å². The highest BCUT2D eigenvalue weighted by atomic mass is 14.9. The molecule has 0 heterocycles. The summed E-state index contributed by atoms with van der Waals surface area (Å²) in [6, 6.07) is 13.3. The van der Waals surface area contributed by atoms with Gasteiger partial charge in [0.1, 0.15) is 0 Å². The Bertz CT molecular complexity index is 671. The molecule has 2 aromatic carbocycles. The molecular weight excluding hydrogens is 260 g/mol. The number of aryl methyl sites for hydroxylation is 2. The van der Waals surface area contributed by atoms with Crippen molar-refractivity contribution in [3.05, 3.63) is 53.1 Å². The molecule has 0 saturated carbocycles. The van der Waals surface area contributed by atoms with E-state index in [2.05, 4.69) is 29.4 Å². The van der Waals surface area contributed by atoms with Crippen molar-refractivity contribution >= 4 is 23.4 Å². The molecule has 0 aliphatic carbocycles. The third-order valence-corrected chi connectivity index (χ3v) is 3.24. The normalized spacial score (nSPS) is 10.5. The number of anilines is 2. The van der Waals surface area contributed by atoms with Gasteiger partial charge in [-0.1, -0.05) is 13.0 Å². The molecule has 0 aliphatic heterocycles. The van der Waals surface area contributed by atoms with Crippen molar-refractivity contribution in [3.8, 4) is 6.07 Å². The lowest BCUT2D eigenvalue weighted by Gasteiger charge is -2.07. The first kappa shape index (κ1) is 14.6. The number of rotatable bonds is 4. The minimum Gasteiger partial charge on any atom is -0.397 e. The van der Waals surface area contributed by atoms with Gasteiger partial charge in [-0.25, -0.2) is 4.99 Å². The molecule has 0 saturated heterocycles. The van der Waals surface area contributed by atoms with Gasteiger partial charge in [0.25, 0.3) is 0 Å². The van der Waals surface area contributed by atoms with Crippen LogP contribution in [0.25, 0.3) is 0 Å². The van der Waals surface area contributed by atoms with Crippen LogP contribution in [0.15, 0.2) is 41.4 Å². The fraction of sp³-hybridized carbons (Fsp3) is 0.176. The Hall–Kier alpha value is -2.80. The molecule has 0 amide bonds. The molecule has 2 rings (SSSR count). The van der Waals surface area contributed by atoms with Crippen LogP contribution in [0.2, 0.25) is 0 Å². The fourth-order valence-corrected chi connectivity index (χ4v) is 2.08. The Morgan fingerprint density at radius 3 is 2.57 bits per heavy atom. The summed E-state index contributed by atoms with van der Waals surface area (Å²) in [6.45, 7) is 4.10. The van der Waals surface area contributed by atoms with Crippen LogP contribution in [0.1, 0.15) is 23.6 Å². The number of nitrogens with one attached hydrogen (secondary N) is 1. The summed E-state index contributed by atoms with van der Waals surface area (Å²) in [6.07, 6.45) is 2.57. The van der Waals surface area contributed by atoms with Gasteiger partial charge >= 0.3 is 0 Å². The molecule has 106 valence electrons. The van der Waals surface area contributed by atoms with E-state index in [0.29, 0.717) is 11.3 Å². The molecule has 0 spiro atoms. The van der Waals surface area contributed by atoms with E-state index in [-0.39, 0.29) is 0 Å². The topological polar surface area (TPSA) is 74.2 Å². The van der Waals surface area contributed by atoms with Gasteiger partial charge in [-0.05, 0) is 54.8 Å². The lowest BCUT2D eigenvalue weighted by molar-refractivity contribution is 1.13. The summed E-state index contributed by atoms with van der Waals surface area (Å²) in [5.41, 5.74) is 11.3. The second kappa shape index (κ2) is 6.58. The van der Waals surface area contributed by atoms with Crippen LogP contribution in [0, 0.1) is 18.3 Å². The Labute approximate surface area is 124 Å². The van der Waals surface area contributed by atoms with Crippen molar-refractivity contribution in [3.63, 3.8) is 0 Å². The average molecular weight is 278 g/mol. The van der Waals surface area contributed by atoms with Gasteiger partial charge in [-0.2, -0.15) is 5.26 Å². The first-order valence-corrected chi connectivity index (χ1v) is 6.82. The van der Waals surface area contributed by atoms with E-state index in [0.717, 1.165) is 23.4 Å².